The molecule has 1 aliphatic heterocycles. The van der Waals surface area contributed by atoms with Gasteiger partial charge in [-0.3, -0.25) is 0 Å². The second-order valence-corrected chi connectivity index (χ2v) is 8.36. The zero-order chi connectivity index (χ0) is 18.4. The van der Waals surface area contributed by atoms with Crippen molar-refractivity contribution in [3.05, 3.63) is 77.2 Å². The number of sulfonamides is 1. The second kappa shape index (κ2) is 8.60. The summed E-state index contributed by atoms with van der Waals surface area (Å²) in [5.41, 5.74) is 1.77. The monoisotopic (exact) mass is 373 g/mol. The third-order valence-electron chi connectivity index (χ3n) is 4.69. The normalized spacial score (nSPS) is 18.2. The first-order valence-corrected chi connectivity index (χ1v) is 10.3. The Morgan fingerprint density at radius 1 is 1.00 bits per heavy atom. The molecule has 0 unspecified atom stereocenters. The first-order chi connectivity index (χ1) is 12.5. The van der Waals surface area contributed by atoms with Gasteiger partial charge < -0.3 is 10.0 Å². The van der Waals surface area contributed by atoms with E-state index in [0.717, 1.165) is 11.1 Å². The van der Waals surface area contributed by atoms with Gasteiger partial charge in [-0.2, -0.15) is 4.31 Å². The highest BCUT2D eigenvalue weighted by atomic mass is 32.2. The quantitative estimate of drug-likeness (QED) is 0.792. The Balaban J connectivity index is 1.53. The van der Waals surface area contributed by atoms with E-state index in [1.165, 1.54) is 14.6 Å². The van der Waals surface area contributed by atoms with Crippen LogP contribution in [0.2, 0.25) is 0 Å². The maximum atomic E-state index is 12.5. The number of rotatable bonds is 6. The van der Waals surface area contributed by atoms with Crippen molar-refractivity contribution in [3.63, 3.8) is 0 Å². The minimum Gasteiger partial charge on any atom is -0.382 e. The molecule has 0 spiro atoms. The van der Waals surface area contributed by atoms with Crippen LogP contribution in [0.1, 0.15) is 17.2 Å². The van der Waals surface area contributed by atoms with Gasteiger partial charge in [0.25, 0.3) is 0 Å². The van der Waals surface area contributed by atoms with Gasteiger partial charge in [-0.25, -0.2) is 8.42 Å². The van der Waals surface area contributed by atoms with Crippen molar-refractivity contribution in [2.24, 2.45) is 0 Å². The zero-order valence-corrected chi connectivity index (χ0v) is 15.5. The molecule has 2 aromatic rings. The molecule has 2 N–H and O–H groups in total. The van der Waals surface area contributed by atoms with Crippen LogP contribution < -0.4 is 4.90 Å². The molecule has 5 nitrogen and oxygen atoms in total. The molecule has 0 radical (unpaired) electrons. The van der Waals surface area contributed by atoms with E-state index in [9.17, 15) is 13.5 Å². The smallest absolute Gasteiger partial charge is 0.236 e. The van der Waals surface area contributed by atoms with Gasteiger partial charge in [-0.15, -0.1) is 0 Å². The fraction of sp³-hybridized carbons (Fsp3) is 0.300. The van der Waals surface area contributed by atoms with Gasteiger partial charge in [-0.05, 0) is 17.2 Å². The second-order valence-electron chi connectivity index (χ2n) is 6.54. The molecule has 0 amide bonds. The lowest BCUT2D eigenvalue weighted by atomic mass is 10.1. The molecule has 1 heterocycles. The van der Waals surface area contributed by atoms with E-state index >= 15 is 0 Å². The molecular formula is C20H25N2O3S+. The van der Waals surface area contributed by atoms with Crippen molar-refractivity contribution in [3.8, 4) is 0 Å². The van der Waals surface area contributed by atoms with Crippen molar-refractivity contribution in [2.75, 3.05) is 32.7 Å². The average Bonchev–Trinajstić information content (AvgIpc) is 2.68. The lowest BCUT2D eigenvalue weighted by Gasteiger charge is -2.31. The molecule has 1 atom stereocenters. The highest BCUT2D eigenvalue weighted by Crippen LogP contribution is 2.11. The molecule has 26 heavy (non-hydrogen) atoms. The molecule has 0 aromatic heterocycles. The predicted molar refractivity (Wildman–Crippen MR) is 103 cm³/mol. The van der Waals surface area contributed by atoms with Crippen molar-refractivity contribution in [1.29, 1.82) is 0 Å². The Labute approximate surface area is 155 Å². The van der Waals surface area contributed by atoms with Gasteiger partial charge in [0.05, 0.1) is 26.2 Å². The first kappa shape index (κ1) is 18.8. The molecule has 3 rings (SSSR count). The number of nitrogens with one attached hydrogen (secondary N) is 1. The summed E-state index contributed by atoms with van der Waals surface area (Å²) < 4.78 is 26.5. The third kappa shape index (κ3) is 5.02. The maximum absolute atomic E-state index is 12.5. The number of hydrogen-bond acceptors (Lipinski definition) is 3. The molecule has 0 aliphatic carbocycles. The van der Waals surface area contributed by atoms with E-state index in [4.69, 9.17) is 0 Å². The lowest BCUT2D eigenvalue weighted by Crippen LogP contribution is -3.15. The maximum Gasteiger partial charge on any atom is 0.236 e. The Morgan fingerprint density at radius 2 is 1.58 bits per heavy atom. The number of hydrogen-bond donors (Lipinski definition) is 2. The fourth-order valence-corrected chi connectivity index (χ4v) is 4.34. The topological polar surface area (TPSA) is 62.0 Å². The van der Waals surface area contributed by atoms with Gasteiger partial charge in [0.1, 0.15) is 12.6 Å². The Hall–Kier alpha value is -1.99. The molecule has 6 heteroatoms. The molecule has 0 bridgehead atoms. The summed E-state index contributed by atoms with van der Waals surface area (Å²) >= 11 is 0. The number of aliphatic hydroxyl groups is 1. The van der Waals surface area contributed by atoms with Crippen LogP contribution in [0.5, 0.6) is 0 Å². The van der Waals surface area contributed by atoms with E-state index in [0.29, 0.717) is 32.7 Å². The van der Waals surface area contributed by atoms with Crippen LogP contribution >= 0.6 is 0 Å². The summed E-state index contributed by atoms with van der Waals surface area (Å²) in [5, 5.41) is 11.6. The van der Waals surface area contributed by atoms with Crippen LogP contribution in [0.3, 0.4) is 0 Å². The summed E-state index contributed by atoms with van der Waals surface area (Å²) in [6, 6.07) is 19.0. The van der Waals surface area contributed by atoms with Crippen LogP contribution in [-0.4, -0.2) is 50.6 Å². The van der Waals surface area contributed by atoms with Crippen LogP contribution in [0.4, 0.5) is 0 Å². The van der Waals surface area contributed by atoms with E-state index in [1.54, 1.807) is 6.08 Å². The minimum atomic E-state index is -3.41. The number of piperazine rings is 1. The summed E-state index contributed by atoms with van der Waals surface area (Å²) in [6.45, 7) is 2.93. The highest BCUT2D eigenvalue weighted by Gasteiger charge is 2.28. The van der Waals surface area contributed by atoms with Crippen LogP contribution in [0.15, 0.2) is 66.1 Å². The fourth-order valence-electron chi connectivity index (χ4n) is 3.14. The van der Waals surface area contributed by atoms with Crippen LogP contribution in [0.25, 0.3) is 6.08 Å². The molecule has 1 saturated heterocycles. The first-order valence-electron chi connectivity index (χ1n) is 8.84. The summed E-state index contributed by atoms with van der Waals surface area (Å²) in [4.78, 5) is 1.22. The van der Waals surface area contributed by atoms with Gasteiger partial charge in [0.2, 0.25) is 10.0 Å². The number of aliphatic hydroxyl groups excluding tert-OH is 1. The lowest BCUT2D eigenvalue weighted by molar-refractivity contribution is -0.907. The van der Waals surface area contributed by atoms with Crippen molar-refractivity contribution in [2.45, 2.75) is 6.10 Å². The van der Waals surface area contributed by atoms with E-state index in [2.05, 4.69) is 0 Å². The van der Waals surface area contributed by atoms with Gasteiger partial charge in [-0.1, -0.05) is 60.7 Å². The standard InChI is InChI=1S/C20H24N2O3S/c23-20(19-9-5-2-6-10-19)17-21-12-14-22(15-13-21)26(24,25)16-11-18-7-3-1-4-8-18/h1-11,16,20,23H,12-15,17H2/p+1/b16-11+/t20-/m0/s1. The zero-order valence-electron chi connectivity index (χ0n) is 14.7. The van der Waals surface area contributed by atoms with E-state index in [1.807, 2.05) is 60.7 Å². The summed E-state index contributed by atoms with van der Waals surface area (Å²) in [6.07, 6.45) is 1.11. The summed E-state index contributed by atoms with van der Waals surface area (Å²) in [5.74, 6) is 0. The molecule has 1 fully saturated rings. The Bertz CT molecular complexity index is 815. The average molecular weight is 373 g/mol. The minimum absolute atomic E-state index is 0.471. The van der Waals surface area contributed by atoms with Crippen LogP contribution in [0, 0.1) is 0 Å². The molecule has 1 aliphatic rings. The highest BCUT2D eigenvalue weighted by molar-refractivity contribution is 7.92. The van der Waals surface area contributed by atoms with E-state index < -0.39 is 16.1 Å². The summed E-state index contributed by atoms with van der Waals surface area (Å²) in [7, 11) is -3.41. The number of benzene rings is 2. The number of nitrogens with zero attached hydrogens (tertiary/aromatic N) is 1. The van der Waals surface area contributed by atoms with E-state index in [-0.39, 0.29) is 0 Å². The third-order valence-corrected chi connectivity index (χ3v) is 6.25. The van der Waals surface area contributed by atoms with Gasteiger partial charge >= 0.3 is 0 Å². The largest absolute Gasteiger partial charge is 0.382 e. The van der Waals surface area contributed by atoms with Crippen molar-refractivity contribution in [1.82, 2.24) is 4.31 Å². The predicted octanol–water partition coefficient (Wildman–Crippen LogP) is 0.921. The van der Waals surface area contributed by atoms with Gasteiger partial charge in [0, 0.05) is 5.41 Å². The molecule has 2 aromatic carbocycles. The SMILES string of the molecule is O=S(=O)(/C=C/c1ccccc1)N1CC[NH+](C[C@H](O)c2ccccc2)CC1. The van der Waals surface area contributed by atoms with Crippen LogP contribution in [-0.2, 0) is 10.0 Å². The Kier molecular flexibility index (Phi) is 6.21. The van der Waals surface area contributed by atoms with Gasteiger partial charge in [0.15, 0.2) is 0 Å². The molecule has 138 valence electrons. The number of quaternary nitrogens is 1. The Morgan fingerprint density at radius 3 is 2.19 bits per heavy atom. The van der Waals surface area contributed by atoms with Crippen molar-refractivity contribution < 1.29 is 18.4 Å². The molecular weight excluding hydrogens is 348 g/mol. The molecule has 0 saturated carbocycles. The van der Waals surface area contributed by atoms with Crippen molar-refractivity contribution >= 4 is 16.1 Å².